The van der Waals surface area contributed by atoms with Crippen LogP contribution in [0.5, 0.6) is 0 Å². The molecule has 4 N–H and O–H groups in total. The van der Waals surface area contributed by atoms with Gasteiger partial charge >= 0.3 is 11.9 Å². The fourth-order valence-corrected chi connectivity index (χ4v) is 5.22. The summed E-state index contributed by atoms with van der Waals surface area (Å²) in [5.74, 6) is -4.35. The van der Waals surface area contributed by atoms with Gasteiger partial charge in [-0.15, -0.1) is 20.4 Å². The van der Waals surface area contributed by atoms with Crippen LogP contribution in [-0.2, 0) is 12.8 Å². The van der Waals surface area contributed by atoms with Crippen molar-refractivity contribution in [2.75, 3.05) is 10.6 Å². The van der Waals surface area contributed by atoms with E-state index < -0.39 is 35.1 Å². The first-order chi connectivity index (χ1) is 25.1. The minimum atomic E-state index is -1.47. The van der Waals surface area contributed by atoms with Gasteiger partial charge in [0.25, 0.3) is 11.8 Å². The zero-order chi connectivity index (χ0) is 36.8. The summed E-state index contributed by atoms with van der Waals surface area (Å²) in [6.45, 7) is 0. The lowest BCUT2D eigenvalue weighted by Gasteiger charge is -2.14. The number of halogens is 1. The van der Waals surface area contributed by atoms with Crippen molar-refractivity contribution in [2.24, 2.45) is 0 Å². The highest BCUT2D eigenvalue weighted by Crippen LogP contribution is 2.27. The number of benzene rings is 2. The Morgan fingerprint density at radius 2 is 1.29 bits per heavy atom. The molecule has 0 saturated heterocycles. The van der Waals surface area contributed by atoms with Crippen molar-refractivity contribution < 1.29 is 33.8 Å². The van der Waals surface area contributed by atoms with E-state index in [1.807, 2.05) is 6.07 Å². The molecule has 0 saturated carbocycles. The summed E-state index contributed by atoms with van der Waals surface area (Å²) in [5, 5.41) is 50.1. The molecule has 4 heterocycles. The van der Waals surface area contributed by atoms with Gasteiger partial charge in [0.1, 0.15) is 12.1 Å². The number of carbonyl (C=O) groups excluding carboxylic acids is 2. The Hall–Kier alpha value is -7.61. The molecule has 0 radical (unpaired) electrons. The Balaban J connectivity index is 1.18. The van der Waals surface area contributed by atoms with Crippen molar-refractivity contribution in [1.82, 2.24) is 34.5 Å². The van der Waals surface area contributed by atoms with E-state index in [-0.39, 0.29) is 58.7 Å². The number of nitrogens with zero attached hydrogens (tertiary/aromatic N) is 8. The molecule has 258 valence electrons. The molecule has 0 spiro atoms. The molecule has 0 aliphatic carbocycles. The summed E-state index contributed by atoms with van der Waals surface area (Å²) in [7, 11) is 0. The van der Waals surface area contributed by atoms with Gasteiger partial charge in [-0.05, 0) is 91.1 Å². The van der Waals surface area contributed by atoms with Crippen LogP contribution in [0.2, 0.25) is 0 Å². The number of carboxylic acids is 2. The molecule has 2 amide bonds. The average molecular weight is 701 g/mol. The van der Waals surface area contributed by atoms with E-state index >= 15 is 4.39 Å². The first-order valence-corrected chi connectivity index (χ1v) is 15.4. The van der Waals surface area contributed by atoms with Gasteiger partial charge in [0.2, 0.25) is 0 Å². The average Bonchev–Trinajstić information content (AvgIpc) is 3.89. The smallest absolute Gasteiger partial charge is 0.337 e. The van der Waals surface area contributed by atoms with E-state index in [9.17, 15) is 34.7 Å². The first kappa shape index (κ1) is 34.3. The second-order valence-corrected chi connectivity index (χ2v) is 11.1. The van der Waals surface area contributed by atoms with Gasteiger partial charge in [-0.2, -0.15) is 5.26 Å². The van der Waals surface area contributed by atoms with E-state index in [4.69, 9.17) is 0 Å². The molecular formula is C35H25FN10O6. The highest BCUT2D eigenvalue weighted by atomic mass is 19.1. The Kier molecular flexibility index (Phi) is 9.80. The van der Waals surface area contributed by atoms with Gasteiger partial charge in [0.15, 0.2) is 23.0 Å². The molecule has 0 unspecified atom stereocenters. The number of imidazole rings is 1. The molecule has 0 atom stereocenters. The number of carbonyl (C=O) groups is 4. The quantitative estimate of drug-likeness (QED) is 0.140. The molecule has 0 aliphatic rings. The Morgan fingerprint density at radius 3 is 1.81 bits per heavy atom. The van der Waals surface area contributed by atoms with Crippen LogP contribution < -0.4 is 10.6 Å². The zero-order valence-corrected chi connectivity index (χ0v) is 26.8. The van der Waals surface area contributed by atoms with Crippen LogP contribution >= 0.6 is 0 Å². The Bertz CT molecular complexity index is 2340. The fourth-order valence-electron chi connectivity index (χ4n) is 5.22. The lowest BCUT2D eigenvalue weighted by molar-refractivity contribution is 0.0686. The predicted molar refractivity (Wildman–Crippen MR) is 180 cm³/mol. The number of carboxylic acid groups (broad SMARTS) is 2. The highest BCUT2D eigenvalue weighted by molar-refractivity contribution is 6.07. The lowest BCUT2D eigenvalue weighted by atomic mass is 9.96. The molecule has 17 heteroatoms. The number of nitriles is 1. The second-order valence-electron chi connectivity index (χ2n) is 11.1. The molecule has 16 nitrogen and oxygen atoms in total. The highest BCUT2D eigenvalue weighted by Gasteiger charge is 2.21. The molecule has 52 heavy (non-hydrogen) atoms. The number of aromatic nitrogens is 7. The third kappa shape index (κ3) is 7.50. The monoisotopic (exact) mass is 700 g/mol. The summed E-state index contributed by atoms with van der Waals surface area (Å²) in [6, 6.07) is 15.9. The predicted octanol–water partition coefficient (Wildman–Crippen LogP) is 4.33. The molecule has 0 aliphatic heterocycles. The van der Waals surface area contributed by atoms with E-state index in [0.29, 0.717) is 17.2 Å². The van der Waals surface area contributed by atoms with Crippen LogP contribution in [0, 0.1) is 17.1 Å². The van der Waals surface area contributed by atoms with Crippen molar-refractivity contribution in [3.63, 3.8) is 0 Å². The number of anilines is 2. The standard InChI is InChI=1S/C35H25FN10O6/c36-25-17-24(35(51)52)29(40-33(48)26-6-8-30(43-41-26)45-11-1-2-12-45)16-21(25)5-3-4-20-15-28(23(34(49)50)14-22(20)18-37)39-32(47)27-7-9-31(44-42-27)46-13-10-38-19-46/h1-2,6-17,19H,3-5H2,(H,39,47)(H,40,48)(H,49,50)(H,51,52). The second kappa shape index (κ2) is 14.9. The third-order valence-corrected chi connectivity index (χ3v) is 7.80. The van der Waals surface area contributed by atoms with Crippen molar-refractivity contribution >= 4 is 35.1 Å². The zero-order valence-electron chi connectivity index (χ0n) is 26.8. The third-order valence-electron chi connectivity index (χ3n) is 7.80. The maximum atomic E-state index is 15.1. The van der Waals surface area contributed by atoms with Crippen molar-refractivity contribution in [3.05, 3.63) is 137 Å². The van der Waals surface area contributed by atoms with E-state index in [1.54, 1.807) is 52.1 Å². The largest absolute Gasteiger partial charge is 0.478 e. The molecule has 6 aromatic rings. The number of rotatable bonds is 12. The number of nitrogens with one attached hydrogen (secondary N) is 2. The first-order valence-electron chi connectivity index (χ1n) is 15.4. The summed E-state index contributed by atoms with van der Waals surface area (Å²) in [4.78, 5) is 53.9. The molecule has 0 bridgehead atoms. The van der Waals surface area contributed by atoms with E-state index in [2.05, 4.69) is 36.0 Å². The van der Waals surface area contributed by atoms with E-state index in [0.717, 1.165) is 12.1 Å². The Morgan fingerprint density at radius 1 is 0.731 bits per heavy atom. The normalized spacial score (nSPS) is 10.7. The summed E-state index contributed by atoms with van der Waals surface area (Å²) in [5.41, 5.74) is -0.829. The SMILES string of the molecule is N#Cc1cc(C(=O)O)c(NC(=O)c2ccc(-n3ccnc3)nn2)cc1CCCc1cc(NC(=O)c2ccc(-n3cccc3)nn2)c(C(=O)O)cc1F. The van der Waals surface area contributed by atoms with Crippen LogP contribution in [0.25, 0.3) is 11.6 Å². The van der Waals surface area contributed by atoms with Crippen LogP contribution in [-0.4, -0.2) is 68.5 Å². The summed E-state index contributed by atoms with van der Waals surface area (Å²) >= 11 is 0. The van der Waals surface area contributed by atoms with Gasteiger partial charge in [-0.1, -0.05) is 0 Å². The van der Waals surface area contributed by atoms with Crippen LogP contribution in [0.4, 0.5) is 15.8 Å². The van der Waals surface area contributed by atoms with Gasteiger partial charge in [0.05, 0.1) is 34.1 Å². The van der Waals surface area contributed by atoms with Crippen molar-refractivity contribution in [2.45, 2.75) is 19.3 Å². The number of amides is 2. The Labute approximate surface area is 292 Å². The van der Waals surface area contributed by atoms with Crippen LogP contribution in [0.15, 0.2) is 91.8 Å². The summed E-state index contributed by atoms with van der Waals surface area (Å²) < 4.78 is 18.4. The lowest BCUT2D eigenvalue weighted by Crippen LogP contribution is -2.18. The number of hydrogen-bond donors (Lipinski definition) is 4. The molecular weight excluding hydrogens is 675 g/mol. The fraction of sp³-hybridized carbons (Fsp3) is 0.0857. The van der Waals surface area contributed by atoms with Gasteiger partial charge in [-0.3, -0.25) is 14.2 Å². The van der Waals surface area contributed by atoms with Crippen LogP contribution in [0.1, 0.15) is 64.8 Å². The number of hydrogen-bond acceptors (Lipinski definition) is 10. The topological polar surface area (TPSA) is 231 Å². The molecule has 2 aromatic carbocycles. The maximum absolute atomic E-state index is 15.1. The summed E-state index contributed by atoms with van der Waals surface area (Å²) in [6.07, 6.45) is 8.55. The molecule has 4 aromatic heterocycles. The van der Waals surface area contributed by atoms with Crippen LogP contribution in [0.3, 0.4) is 0 Å². The van der Waals surface area contributed by atoms with Gasteiger partial charge in [-0.25, -0.2) is 19.0 Å². The van der Waals surface area contributed by atoms with Crippen molar-refractivity contribution in [1.29, 1.82) is 5.26 Å². The minimum Gasteiger partial charge on any atom is -0.478 e. The molecule has 6 rings (SSSR count). The number of aryl methyl sites for hydroxylation is 2. The molecule has 0 fully saturated rings. The number of aromatic carboxylic acids is 2. The maximum Gasteiger partial charge on any atom is 0.337 e. The minimum absolute atomic E-state index is 0.0263. The van der Waals surface area contributed by atoms with E-state index in [1.165, 1.54) is 36.7 Å². The van der Waals surface area contributed by atoms with Gasteiger partial charge in [0, 0.05) is 24.8 Å². The van der Waals surface area contributed by atoms with Crippen molar-refractivity contribution in [3.8, 4) is 17.7 Å². The van der Waals surface area contributed by atoms with Gasteiger partial charge < -0.3 is 25.4 Å².